The number of anilines is 1. The fraction of sp³-hybridized carbons (Fsp3) is 0.333. The van der Waals surface area contributed by atoms with Gasteiger partial charge in [-0.05, 0) is 60.2 Å². The van der Waals surface area contributed by atoms with Crippen LogP contribution in [0.2, 0.25) is 0 Å². The highest BCUT2D eigenvalue weighted by molar-refractivity contribution is 7.10. The molecule has 0 aliphatic carbocycles. The van der Waals surface area contributed by atoms with E-state index in [1.165, 1.54) is 10.4 Å². The molecule has 1 aromatic heterocycles. The first-order valence-corrected chi connectivity index (χ1v) is 7.44. The third-order valence-electron chi connectivity index (χ3n) is 3.60. The molecule has 100 valence electrons. The summed E-state index contributed by atoms with van der Waals surface area (Å²) in [6, 6.07) is 7.24. The fourth-order valence-corrected chi connectivity index (χ4v) is 3.56. The van der Waals surface area contributed by atoms with Crippen LogP contribution in [0.5, 0.6) is 0 Å². The third-order valence-corrected chi connectivity index (χ3v) is 4.63. The number of nitrogens with zero attached hydrogens (tertiary/aromatic N) is 1. The van der Waals surface area contributed by atoms with Crippen LogP contribution in [-0.2, 0) is 19.4 Å². The monoisotopic (exact) mass is 276 g/mol. The summed E-state index contributed by atoms with van der Waals surface area (Å²) >= 11 is 1.83. The van der Waals surface area contributed by atoms with Crippen molar-refractivity contribution in [1.29, 1.82) is 0 Å². The summed E-state index contributed by atoms with van der Waals surface area (Å²) < 4.78 is 13.4. The molecule has 19 heavy (non-hydrogen) atoms. The SMILES string of the molecule is NCCc1cc(F)ccc1N1CCc2sccc2C1. The lowest BCUT2D eigenvalue weighted by atomic mass is 10.0. The van der Waals surface area contributed by atoms with Gasteiger partial charge in [-0.15, -0.1) is 11.3 Å². The predicted molar refractivity (Wildman–Crippen MR) is 78.2 cm³/mol. The van der Waals surface area contributed by atoms with Crippen molar-refractivity contribution in [2.45, 2.75) is 19.4 Å². The Morgan fingerprint density at radius 1 is 1.32 bits per heavy atom. The second kappa shape index (κ2) is 5.31. The van der Waals surface area contributed by atoms with E-state index < -0.39 is 0 Å². The van der Waals surface area contributed by atoms with Crippen LogP contribution in [0.3, 0.4) is 0 Å². The van der Waals surface area contributed by atoms with E-state index in [4.69, 9.17) is 5.73 Å². The molecule has 2 aromatic rings. The fourth-order valence-electron chi connectivity index (χ4n) is 2.67. The van der Waals surface area contributed by atoms with E-state index in [0.29, 0.717) is 6.54 Å². The number of nitrogens with two attached hydrogens (primary N) is 1. The van der Waals surface area contributed by atoms with Gasteiger partial charge in [0.2, 0.25) is 0 Å². The van der Waals surface area contributed by atoms with Gasteiger partial charge in [-0.1, -0.05) is 0 Å². The van der Waals surface area contributed by atoms with Crippen molar-refractivity contribution in [2.75, 3.05) is 18.0 Å². The van der Waals surface area contributed by atoms with E-state index in [9.17, 15) is 4.39 Å². The number of thiophene rings is 1. The number of hydrogen-bond acceptors (Lipinski definition) is 3. The minimum atomic E-state index is -0.180. The van der Waals surface area contributed by atoms with Gasteiger partial charge in [0.05, 0.1) is 0 Å². The molecule has 0 radical (unpaired) electrons. The lowest BCUT2D eigenvalue weighted by molar-refractivity contribution is 0.624. The number of halogens is 1. The lowest BCUT2D eigenvalue weighted by Gasteiger charge is -2.30. The zero-order valence-electron chi connectivity index (χ0n) is 10.7. The molecule has 4 heteroatoms. The molecular formula is C15H17FN2S. The van der Waals surface area contributed by atoms with Crippen LogP contribution >= 0.6 is 11.3 Å². The van der Waals surface area contributed by atoms with Crippen molar-refractivity contribution in [1.82, 2.24) is 0 Å². The molecule has 0 amide bonds. The molecule has 3 rings (SSSR count). The van der Waals surface area contributed by atoms with Crippen molar-refractivity contribution in [3.8, 4) is 0 Å². The first-order valence-electron chi connectivity index (χ1n) is 6.56. The number of rotatable bonds is 3. The molecule has 0 bridgehead atoms. The second-order valence-corrected chi connectivity index (χ2v) is 5.85. The van der Waals surface area contributed by atoms with E-state index in [1.807, 2.05) is 17.4 Å². The molecule has 2 N–H and O–H groups in total. The van der Waals surface area contributed by atoms with Gasteiger partial charge in [0.1, 0.15) is 5.82 Å². The molecule has 0 atom stereocenters. The van der Waals surface area contributed by atoms with Crippen molar-refractivity contribution in [3.63, 3.8) is 0 Å². The Balaban J connectivity index is 1.90. The molecule has 0 unspecified atom stereocenters. The average Bonchev–Trinajstić information content (AvgIpc) is 2.86. The summed E-state index contributed by atoms with van der Waals surface area (Å²) in [5.41, 5.74) is 9.18. The van der Waals surface area contributed by atoms with Crippen molar-refractivity contribution in [3.05, 3.63) is 51.5 Å². The van der Waals surface area contributed by atoms with Crippen molar-refractivity contribution >= 4 is 17.0 Å². The molecule has 1 aromatic carbocycles. The van der Waals surface area contributed by atoms with Gasteiger partial charge in [-0.25, -0.2) is 4.39 Å². The topological polar surface area (TPSA) is 29.3 Å². The summed E-state index contributed by atoms with van der Waals surface area (Å²) in [6.07, 6.45) is 1.80. The van der Waals surface area contributed by atoms with E-state index in [0.717, 1.165) is 37.2 Å². The van der Waals surface area contributed by atoms with Crippen molar-refractivity contribution in [2.24, 2.45) is 5.73 Å². The van der Waals surface area contributed by atoms with Gasteiger partial charge in [0.15, 0.2) is 0 Å². The Morgan fingerprint density at radius 3 is 3.05 bits per heavy atom. The standard InChI is InChI=1S/C15H17FN2S/c16-13-1-2-14(11(9-13)3-6-17)18-7-4-15-12(10-18)5-8-19-15/h1-2,5,8-9H,3-4,6-7,10,17H2. The number of hydrogen-bond donors (Lipinski definition) is 1. The normalized spacial score (nSPS) is 14.5. The van der Waals surface area contributed by atoms with E-state index in [-0.39, 0.29) is 5.82 Å². The van der Waals surface area contributed by atoms with Crippen LogP contribution in [-0.4, -0.2) is 13.1 Å². The second-order valence-electron chi connectivity index (χ2n) is 4.85. The van der Waals surface area contributed by atoms with Crippen molar-refractivity contribution < 1.29 is 4.39 Å². The van der Waals surface area contributed by atoms with Gasteiger partial charge >= 0.3 is 0 Å². The Labute approximate surface area is 116 Å². The molecule has 0 fully saturated rings. The molecule has 1 aliphatic heterocycles. The molecule has 0 spiro atoms. The highest BCUT2D eigenvalue weighted by Gasteiger charge is 2.19. The maximum Gasteiger partial charge on any atom is 0.123 e. The minimum Gasteiger partial charge on any atom is -0.367 e. The number of benzene rings is 1. The largest absolute Gasteiger partial charge is 0.367 e. The van der Waals surface area contributed by atoms with E-state index in [2.05, 4.69) is 16.3 Å². The molecular weight excluding hydrogens is 259 g/mol. The smallest absolute Gasteiger partial charge is 0.123 e. The van der Waals surface area contributed by atoms with Crippen LogP contribution in [0.25, 0.3) is 0 Å². The van der Waals surface area contributed by atoms with Crippen LogP contribution < -0.4 is 10.6 Å². The molecule has 1 aliphatic rings. The molecule has 2 nitrogen and oxygen atoms in total. The highest BCUT2D eigenvalue weighted by atomic mass is 32.1. The van der Waals surface area contributed by atoms with Gasteiger partial charge < -0.3 is 10.6 Å². The summed E-state index contributed by atoms with van der Waals surface area (Å²) in [5.74, 6) is -0.180. The molecule has 2 heterocycles. The van der Waals surface area contributed by atoms with Gasteiger partial charge in [-0.2, -0.15) is 0 Å². The highest BCUT2D eigenvalue weighted by Crippen LogP contribution is 2.30. The first-order chi connectivity index (χ1) is 9.28. The maximum atomic E-state index is 13.4. The summed E-state index contributed by atoms with van der Waals surface area (Å²) in [7, 11) is 0. The summed E-state index contributed by atoms with van der Waals surface area (Å²) in [4.78, 5) is 3.82. The Hall–Kier alpha value is -1.39. The third kappa shape index (κ3) is 2.51. The Kier molecular flexibility index (Phi) is 3.53. The number of fused-ring (bicyclic) bond motifs is 1. The Morgan fingerprint density at radius 2 is 2.21 bits per heavy atom. The van der Waals surface area contributed by atoms with E-state index in [1.54, 1.807) is 12.1 Å². The van der Waals surface area contributed by atoms with Gasteiger partial charge in [-0.3, -0.25) is 0 Å². The minimum absolute atomic E-state index is 0.180. The van der Waals surface area contributed by atoms with Crippen LogP contribution in [0.4, 0.5) is 10.1 Å². The quantitative estimate of drug-likeness (QED) is 0.934. The Bertz CT molecular complexity index is 579. The lowest BCUT2D eigenvalue weighted by Crippen LogP contribution is -2.30. The van der Waals surface area contributed by atoms with Gasteiger partial charge in [0.25, 0.3) is 0 Å². The zero-order chi connectivity index (χ0) is 13.2. The average molecular weight is 276 g/mol. The van der Waals surface area contributed by atoms with E-state index >= 15 is 0 Å². The molecule has 0 saturated heterocycles. The predicted octanol–water partition coefficient (Wildman–Crippen LogP) is 2.95. The van der Waals surface area contributed by atoms with Crippen LogP contribution in [0, 0.1) is 5.82 Å². The maximum absolute atomic E-state index is 13.4. The summed E-state index contributed by atoms with van der Waals surface area (Å²) in [6.45, 7) is 2.47. The first kappa shape index (κ1) is 12.6. The summed E-state index contributed by atoms with van der Waals surface area (Å²) in [5, 5.41) is 2.15. The molecule has 0 saturated carbocycles. The zero-order valence-corrected chi connectivity index (χ0v) is 11.5. The van der Waals surface area contributed by atoms with Gasteiger partial charge in [0, 0.05) is 23.7 Å². The van der Waals surface area contributed by atoms with Crippen LogP contribution in [0.1, 0.15) is 16.0 Å². The van der Waals surface area contributed by atoms with Crippen LogP contribution in [0.15, 0.2) is 29.6 Å².